The summed E-state index contributed by atoms with van der Waals surface area (Å²) in [6.45, 7) is 1.88. The van der Waals surface area contributed by atoms with Gasteiger partial charge in [0.2, 0.25) is 15.4 Å². The molecule has 0 saturated carbocycles. The molecule has 0 atom stereocenters. The fraction of sp³-hybridized carbons (Fsp3) is 0.500. The molecule has 9 heteroatoms. The second-order valence-electron chi connectivity index (χ2n) is 2.76. The number of carbonyl (C=O) groups excluding carboxylic acids is 1. The van der Waals surface area contributed by atoms with Crippen LogP contribution in [0.3, 0.4) is 0 Å². The van der Waals surface area contributed by atoms with E-state index in [0.29, 0.717) is 6.42 Å². The van der Waals surface area contributed by atoms with E-state index in [4.69, 9.17) is 14.2 Å². The van der Waals surface area contributed by atoms with Crippen molar-refractivity contribution in [1.82, 2.24) is 10.2 Å². The highest BCUT2D eigenvalue weighted by atomic mass is 32.3. The zero-order valence-corrected chi connectivity index (χ0v) is 9.64. The molecule has 1 amide bonds. The average Bonchev–Trinajstić information content (AvgIpc) is 2.52. The molecule has 0 aliphatic rings. The van der Waals surface area contributed by atoms with Gasteiger partial charge in [0.1, 0.15) is 0 Å². The molecule has 0 spiro atoms. The van der Waals surface area contributed by atoms with Crippen molar-refractivity contribution in [3.05, 3.63) is 0 Å². The van der Waals surface area contributed by atoms with Gasteiger partial charge in [-0.1, -0.05) is 29.0 Å². The number of nitrogens with two attached hydrogens (primary N) is 1. The van der Waals surface area contributed by atoms with Crippen LogP contribution in [0.15, 0.2) is 4.34 Å². The summed E-state index contributed by atoms with van der Waals surface area (Å²) in [6, 6.07) is 0. The Bertz CT molecular complexity index is 348. The van der Waals surface area contributed by atoms with E-state index in [1.54, 1.807) is 0 Å². The van der Waals surface area contributed by atoms with Crippen LogP contribution in [-0.4, -0.2) is 25.2 Å². The summed E-state index contributed by atoms with van der Waals surface area (Å²) in [5.74, 6) is -0.186. The van der Waals surface area contributed by atoms with E-state index in [1.165, 1.54) is 0 Å². The molecule has 0 radical (unpaired) electrons. The van der Waals surface area contributed by atoms with Crippen LogP contribution in [0.5, 0.6) is 0 Å². The first-order valence-corrected chi connectivity index (χ1v) is 6.55. The SMILES string of the molecule is CCCC(=O)Nc1nnc(S(N)(O)O)s1. The Morgan fingerprint density at radius 3 is 2.73 bits per heavy atom. The summed E-state index contributed by atoms with van der Waals surface area (Å²) in [4.78, 5) is 11.1. The van der Waals surface area contributed by atoms with Gasteiger partial charge in [-0.3, -0.25) is 13.9 Å². The van der Waals surface area contributed by atoms with Crippen LogP contribution in [0.25, 0.3) is 0 Å². The van der Waals surface area contributed by atoms with Gasteiger partial charge >= 0.3 is 0 Å². The Morgan fingerprint density at radius 2 is 2.27 bits per heavy atom. The lowest BCUT2D eigenvalue weighted by atomic mass is 10.3. The van der Waals surface area contributed by atoms with Crippen LogP contribution in [-0.2, 0) is 4.79 Å². The van der Waals surface area contributed by atoms with Crippen molar-refractivity contribution in [3.8, 4) is 0 Å². The molecule has 1 aromatic heterocycles. The number of hydrogen-bond donors (Lipinski definition) is 4. The molecule has 0 aliphatic heterocycles. The van der Waals surface area contributed by atoms with Crippen molar-refractivity contribution in [1.29, 1.82) is 0 Å². The van der Waals surface area contributed by atoms with Crippen LogP contribution >= 0.6 is 22.1 Å². The summed E-state index contributed by atoms with van der Waals surface area (Å²) < 4.78 is 18.0. The minimum atomic E-state index is -3.34. The Morgan fingerprint density at radius 1 is 1.60 bits per heavy atom. The maximum atomic E-state index is 11.1. The van der Waals surface area contributed by atoms with E-state index in [2.05, 4.69) is 15.5 Å². The van der Waals surface area contributed by atoms with E-state index in [0.717, 1.165) is 17.8 Å². The molecule has 0 aromatic carbocycles. The van der Waals surface area contributed by atoms with Gasteiger partial charge in [-0.2, -0.15) is 0 Å². The Balaban J connectivity index is 2.65. The Kier molecular flexibility index (Phi) is 3.99. The number of nitrogens with zero attached hydrogens (tertiary/aromatic N) is 2. The molecule has 1 aromatic rings. The van der Waals surface area contributed by atoms with Gasteiger partial charge in [0, 0.05) is 6.42 Å². The molecule has 0 saturated heterocycles. The van der Waals surface area contributed by atoms with Gasteiger partial charge < -0.3 is 5.32 Å². The number of anilines is 1. The van der Waals surface area contributed by atoms with E-state index < -0.39 is 10.8 Å². The second-order valence-corrected chi connectivity index (χ2v) is 5.57. The monoisotopic (exact) mass is 252 g/mol. The van der Waals surface area contributed by atoms with Gasteiger partial charge in [0.25, 0.3) is 0 Å². The molecular formula is C6H12N4O3S2. The van der Waals surface area contributed by atoms with Gasteiger partial charge in [-0.25, -0.2) is 5.14 Å². The van der Waals surface area contributed by atoms with E-state index >= 15 is 0 Å². The summed E-state index contributed by atoms with van der Waals surface area (Å²) in [5.41, 5.74) is 0. The molecular weight excluding hydrogens is 240 g/mol. The van der Waals surface area contributed by atoms with Gasteiger partial charge in [0.15, 0.2) is 0 Å². The topological polar surface area (TPSA) is 121 Å². The quantitative estimate of drug-likeness (QED) is 0.598. The Hall–Kier alpha value is -0.740. The lowest BCUT2D eigenvalue weighted by molar-refractivity contribution is -0.116. The van der Waals surface area contributed by atoms with Crippen molar-refractivity contribution in [2.45, 2.75) is 24.1 Å². The number of nitrogens with one attached hydrogen (secondary N) is 1. The molecule has 0 aliphatic carbocycles. The van der Waals surface area contributed by atoms with E-state index in [-0.39, 0.29) is 15.4 Å². The number of aromatic nitrogens is 2. The third kappa shape index (κ3) is 3.72. The third-order valence-corrected chi connectivity index (χ3v) is 3.60. The van der Waals surface area contributed by atoms with Crippen molar-refractivity contribution < 1.29 is 13.9 Å². The first-order chi connectivity index (χ1) is 6.93. The molecule has 1 rings (SSSR count). The predicted molar refractivity (Wildman–Crippen MR) is 58.7 cm³/mol. The maximum Gasteiger partial charge on any atom is 0.242 e. The zero-order valence-electron chi connectivity index (χ0n) is 8.01. The van der Waals surface area contributed by atoms with Gasteiger partial charge in [0.05, 0.1) is 0 Å². The smallest absolute Gasteiger partial charge is 0.242 e. The normalized spacial score (nSPS) is 12.5. The maximum absolute atomic E-state index is 11.1. The molecule has 86 valence electrons. The molecule has 15 heavy (non-hydrogen) atoms. The molecule has 0 fully saturated rings. The molecule has 7 nitrogen and oxygen atoms in total. The zero-order chi connectivity index (χ0) is 11.5. The lowest BCUT2D eigenvalue weighted by Crippen LogP contribution is -2.10. The molecule has 0 unspecified atom stereocenters. The first-order valence-electron chi connectivity index (χ1n) is 4.13. The second kappa shape index (κ2) is 4.86. The van der Waals surface area contributed by atoms with Crippen LogP contribution in [0.1, 0.15) is 19.8 Å². The van der Waals surface area contributed by atoms with Crippen LogP contribution in [0.2, 0.25) is 0 Å². The van der Waals surface area contributed by atoms with E-state index in [1.807, 2.05) is 6.92 Å². The van der Waals surface area contributed by atoms with E-state index in [9.17, 15) is 4.79 Å². The highest BCUT2D eigenvalue weighted by molar-refractivity contribution is 8.23. The Labute approximate surface area is 92.2 Å². The summed E-state index contributed by atoms with van der Waals surface area (Å²) in [7, 11) is -3.34. The standard InChI is InChI=1S/C6H12N4O3S2/c1-2-3-4(11)8-5-9-10-6(14-5)15(7,12)13/h12-13H,2-3,7H2,1H3,(H,8,9,11). The number of carbonyl (C=O) groups is 1. The third-order valence-electron chi connectivity index (χ3n) is 1.39. The predicted octanol–water partition coefficient (Wildman–Crippen LogP) is 1.26. The summed E-state index contributed by atoms with van der Waals surface area (Å²) >= 11 is 0.852. The minimum absolute atomic E-state index is 0.0886. The highest BCUT2D eigenvalue weighted by Gasteiger charge is 2.16. The minimum Gasteiger partial charge on any atom is -0.300 e. The lowest BCUT2D eigenvalue weighted by Gasteiger charge is -2.20. The molecule has 0 bridgehead atoms. The average molecular weight is 252 g/mol. The van der Waals surface area contributed by atoms with Gasteiger partial charge in [-0.15, -0.1) is 10.2 Å². The van der Waals surface area contributed by atoms with Crippen molar-refractivity contribution in [2.24, 2.45) is 5.14 Å². The van der Waals surface area contributed by atoms with Crippen LogP contribution in [0, 0.1) is 0 Å². The molecule has 5 N–H and O–H groups in total. The van der Waals surface area contributed by atoms with Crippen LogP contribution in [0.4, 0.5) is 5.13 Å². The van der Waals surface area contributed by atoms with Gasteiger partial charge in [-0.05, 0) is 6.42 Å². The molecule has 1 heterocycles. The van der Waals surface area contributed by atoms with Crippen LogP contribution < -0.4 is 10.5 Å². The fourth-order valence-electron chi connectivity index (χ4n) is 0.791. The largest absolute Gasteiger partial charge is 0.300 e. The number of amides is 1. The number of rotatable bonds is 4. The fourth-order valence-corrected chi connectivity index (χ4v) is 2.17. The first kappa shape index (κ1) is 12.3. The number of hydrogen-bond acceptors (Lipinski definition) is 7. The van der Waals surface area contributed by atoms with Crippen molar-refractivity contribution in [3.63, 3.8) is 0 Å². The highest BCUT2D eigenvalue weighted by Crippen LogP contribution is 2.42. The summed E-state index contributed by atoms with van der Waals surface area (Å²) in [5, 5.41) is 14.8. The summed E-state index contributed by atoms with van der Waals surface area (Å²) in [6.07, 6.45) is 1.11. The van der Waals surface area contributed by atoms with Crippen molar-refractivity contribution >= 4 is 33.2 Å². The van der Waals surface area contributed by atoms with Crippen molar-refractivity contribution in [2.75, 3.05) is 5.32 Å².